The topological polar surface area (TPSA) is 52.6 Å². The van der Waals surface area contributed by atoms with Crippen LogP contribution in [0.15, 0.2) is 18.2 Å². The highest BCUT2D eigenvalue weighted by atomic mass is 16.6. The van der Waals surface area contributed by atoms with E-state index in [0.717, 1.165) is 12.8 Å². The second-order valence-corrected chi connectivity index (χ2v) is 4.29. The van der Waals surface area contributed by atoms with E-state index >= 15 is 0 Å². The number of carbonyl (C=O) groups excluding carboxylic acids is 2. The van der Waals surface area contributed by atoms with Crippen LogP contribution in [0.2, 0.25) is 0 Å². The van der Waals surface area contributed by atoms with E-state index in [1.54, 1.807) is 18.2 Å². The van der Waals surface area contributed by atoms with Crippen molar-refractivity contribution in [2.24, 2.45) is 0 Å². The normalized spacial score (nSPS) is 13.4. The van der Waals surface area contributed by atoms with E-state index in [1.165, 1.54) is 12.8 Å². The molecule has 0 aliphatic carbocycles. The predicted octanol–water partition coefficient (Wildman–Crippen LogP) is 2.96. The van der Waals surface area contributed by atoms with Crippen LogP contribution in [0.3, 0.4) is 0 Å². The van der Waals surface area contributed by atoms with Crippen molar-refractivity contribution >= 4 is 11.9 Å². The molecule has 0 saturated carbocycles. The Morgan fingerprint density at radius 1 is 1.06 bits per heavy atom. The molecule has 0 spiro atoms. The lowest BCUT2D eigenvalue weighted by Crippen LogP contribution is -1.99. The summed E-state index contributed by atoms with van der Waals surface area (Å²) in [6, 6.07) is 4.84. The zero-order valence-electron chi connectivity index (χ0n) is 10.4. The van der Waals surface area contributed by atoms with Gasteiger partial charge in [-0.3, -0.25) is 0 Å². The fourth-order valence-corrected chi connectivity index (χ4v) is 1.87. The minimum atomic E-state index is -0.591. The number of rotatable bonds is 6. The molecule has 0 amide bonds. The molecule has 1 aliphatic heterocycles. The fourth-order valence-electron chi connectivity index (χ4n) is 1.87. The van der Waals surface area contributed by atoms with Crippen LogP contribution in [0.5, 0.6) is 5.75 Å². The molecule has 96 valence electrons. The molecular weight excluding hydrogens is 232 g/mol. The number of benzene rings is 1. The maximum atomic E-state index is 11.3. The largest absolute Gasteiger partial charge is 0.494 e. The SMILES string of the molecule is CCCCCCOc1ccc2c(c1)C(=O)OC2=O. The summed E-state index contributed by atoms with van der Waals surface area (Å²) < 4.78 is 10.1. The van der Waals surface area contributed by atoms with Crippen LogP contribution in [0, 0.1) is 0 Å². The van der Waals surface area contributed by atoms with Crippen LogP contribution in [0.4, 0.5) is 0 Å². The quantitative estimate of drug-likeness (QED) is 0.441. The first-order valence-electron chi connectivity index (χ1n) is 6.25. The van der Waals surface area contributed by atoms with Crippen LogP contribution in [-0.4, -0.2) is 18.5 Å². The molecule has 0 saturated heterocycles. The van der Waals surface area contributed by atoms with Crippen molar-refractivity contribution in [1.29, 1.82) is 0 Å². The van der Waals surface area contributed by atoms with Crippen LogP contribution in [-0.2, 0) is 4.74 Å². The number of carbonyl (C=O) groups is 2. The third kappa shape index (κ3) is 2.70. The van der Waals surface area contributed by atoms with Crippen LogP contribution >= 0.6 is 0 Å². The van der Waals surface area contributed by atoms with Crippen molar-refractivity contribution in [1.82, 2.24) is 0 Å². The highest BCUT2D eigenvalue weighted by Crippen LogP contribution is 2.24. The van der Waals surface area contributed by atoms with Gasteiger partial charge in [0.2, 0.25) is 0 Å². The summed E-state index contributed by atoms with van der Waals surface area (Å²) in [4.78, 5) is 22.6. The summed E-state index contributed by atoms with van der Waals surface area (Å²) >= 11 is 0. The third-order valence-corrected chi connectivity index (χ3v) is 2.88. The molecule has 2 rings (SSSR count). The summed E-state index contributed by atoms with van der Waals surface area (Å²) in [6.45, 7) is 2.78. The van der Waals surface area contributed by atoms with Crippen molar-refractivity contribution < 1.29 is 19.1 Å². The van der Waals surface area contributed by atoms with Gasteiger partial charge in [0.15, 0.2) is 0 Å². The Kier molecular flexibility index (Phi) is 3.97. The van der Waals surface area contributed by atoms with Crippen molar-refractivity contribution in [3.63, 3.8) is 0 Å². The molecule has 0 bridgehead atoms. The van der Waals surface area contributed by atoms with E-state index in [4.69, 9.17) is 4.74 Å². The van der Waals surface area contributed by atoms with Gasteiger partial charge in [-0.15, -0.1) is 0 Å². The Morgan fingerprint density at radius 3 is 2.61 bits per heavy atom. The van der Waals surface area contributed by atoms with Crippen LogP contribution in [0.25, 0.3) is 0 Å². The molecule has 1 aliphatic rings. The van der Waals surface area contributed by atoms with Crippen molar-refractivity contribution in [2.45, 2.75) is 32.6 Å². The molecule has 1 aromatic rings. The molecule has 1 aromatic carbocycles. The predicted molar refractivity (Wildman–Crippen MR) is 65.8 cm³/mol. The molecule has 0 atom stereocenters. The minimum absolute atomic E-state index is 0.297. The average molecular weight is 248 g/mol. The van der Waals surface area contributed by atoms with Gasteiger partial charge < -0.3 is 9.47 Å². The summed E-state index contributed by atoms with van der Waals surface area (Å²) in [6.07, 6.45) is 4.53. The Morgan fingerprint density at radius 2 is 1.83 bits per heavy atom. The third-order valence-electron chi connectivity index (χ3n) is 2.88. The van der Waals surface area contributed by atoms with Gasteiger partial charge in [-0.25, -0.2) is 9.59 Å². The molecule has 0 aromatic heterocycles. The van der Waals surface area contributed by atoms with Crippen molar-refractivity contribution in [3.8, 4) is 5.75 Å². The van der Waals surface area contributed by atoms with Gasteiger partial charge in [-0.05, 0) is 24.6 Å². The number of hydrogen-bond donors (Lipinski definition) is 0. The monoisotopic (exact) mass is 248 g/mol. The first-order chi connectivity index (χ1) is 8.72. The maximum Gasteiger partial charge on any atom is 0.347 e. The number of esters is 2. The number of ether oxygens (including phenoxy) is 2. The second-order valence-electron chi connectivity index (χ2n) is 4.29. The molecule has 18 heavy (non-hydrogen) atoms. The number of cyclic esters (lactones) is 2. The summed E-state index contributed by atoms with van der Waals surface area (Å²) in [5.74, 6) is -0.562. The first-order valence-corrected chi connectivity index (χ1v) is 6.25. The van der Waals surface area contributed by atoms with E-state index in [2.05, 4.69) is 11.7 Å². The Labute approximate surface area is 106 Å². The van der Waals surface area contributed by atoms with E-state index in [1.807, 2.05) is 0 Å². The number of fused-ring (bicyclic) bond motifs is 1. The van der Waals surface area contributed by atoms with Gasteiger partial charge >= 0.3 is 11.9 Å². The number of unbranched alkanes of at least 4 members (excludes halogenated alkanes) is 3. The zero-order chi connectivity index (χ0) is 13.0. The van der Waals surface area contributed by atoms with Gasteiger partial charge in [0.1, 0.15) is 5.75 Å². The lowest BCUT2D eigenvalue weighted by atomic mass is 10.1. The molecule has 0 unspecified atom stereocenters. The van der Waals surface area contributed by atoms with Crippen molar-refractivity contribution in [3.05, 3.63) is 29.3 Å². The lowest BCUT2D eigenvalue weighted by molar-refractivity contribution is 0.0443. The standard InChI is InChI=1S/C14H16O4/c1-2-3-4-5-8-17-10-6-7-11-12(9-10)14(16)18-13(11)15/h6-7,9H,2-5,8H2,1H3. The minimum Gasteiger partial charge on any atom is -0.494 e. The first kappa shape index (κ1) is 12.6. The molecule has 4 heteroatoms. The van der Waals surface area contributed by atoms with E-state index in [0.29, 0.717) is 23.5 Å². The molecule has 0 N–H and O–H groups in total. The van der Waals surface area contributed by atoms with Crippen molar-refractivity contribution in [2.75, 3.05) is 6.61 Å². The molecule has 4 nitrogen and oxygen atoms in total. The van der Waals surface area contributed by atoms with E-state index in [9.17, 15) is 9.59 Å². The summed E-state index contributed by atoms with van der Waals surface area (Å²) in [5.41, 5.74) is 0.615. The summed E-state index contributed by atoms with van der Waals surface area (Å²) in [7, 11) is 0. The highest BCUT2D eigenvalue weighted by Gasteiger charge is 2.29. The van der Waals surface area contributed by atoms with E-state index < -0.39 is 11.9 Å². The smallest absolute Gasteiger partial charge is 0.347 e. The maximum absolute atomic E-state index is 11.3. The summed E-state index contributed by atoms with van der Waals surface area (Å²) in [5, 5.41) is 0. The zero-order valence-corrected chi connectivity index (χ0v) is 10.4. The van der Waals surface area contributed by atoms with Gasteiger partial charge in [-0.1, -0.05) is 26.2 Å². The Bertz CT molecular complexity index is 465. The van der Waals surface area contributed by atoms with Gasteiger partial charge in [0, 0.05) is 0 Å². The van der Waals surface area contributed by atoms with Gasteiger partial charge in [0.05, 0.1) is 17.7 Å². The fraction of sp³-hybridized carbons (Fsp3) is 0.429. The second kappa shape index (κ2) is 5.67. The van der Waals surface area contributed by atoms with Gasteiger partial charge in [0.25, 0.3) is 0 Å². The molecule has 1 heterocycles. The van der Waals surface area contributed by atoms with E-state index in [-0.39, 0.29) is 0 Å². The molecule has 0 radical (unpaired) electrons. The Hall–Kier alpha value is -1.84. The highest BCUT2D eigenvalue weighted by molar-refractivity contribution is 6.14. The molecular formula is C14H16O4. The Balaban J connectivity index is 1.93. The average Bonchev–Trinajstić information content (AvgIpc) is 2.65. The molecule has 0 fully saturated rings. The number of hydrogen-bond acceptors (Lipinski definition) is 4. The van der Waals surface area contributed by atoms with Crippen LogP contribution in [0.1, 0.15) is 53.3 Å². The lowest BCUT2D eigenvalue weighted by Gasteiger charge is -2.06. The van der Waals surface area contributed by atoms with Gasteiger partial charge in [-0.2, -0.15) is 0 Å². The van der Waals surface area contributed by atoms with Crippen LogP contribution < -0.4 is 4.74 Å².